The average molecular weight is 1100 g/mol. The number of carbonyl (C=O) groups is 10. The Hall–Kier alpha value is -7.82. The van der Waals surface area contributed by atoms with Gasteiger partial charge in [-0.25, -0.2) is 14.4 Å². The van der Waals surface area contributed by atoms with Gasteiger partial charge in [-0.05, 0) is 67.7 Å². The molecule has 3 amide bonds. The van der Waals surface area contributed by atoms with Crippen molar-refractivity contribution in [2.75, 3.05) is 6.61 Å². The number of fused-ring (bicyclic) bond motifs is 5. The molecule has 1 aliphatic heterocycles. The number of aliphatic carboxylic acids is 1. The van der Waals surface area contributed by atoms with E-state index in [0.29, 0.717) is 0 Å². The van der Waals surface area contributed by atoms with E-state index in [9.17, 15) is 53.7 Å². The van der Waals surface area contributed by atoms with Crippen molar-refractivity contribution in [2.45, 2.75) is 146 Å². The molecule has 2 bridgehead atoms. The summed E-state index contributed by atoms with van der Waals surface area (Å²) in [6.45, 7) is 7.58. The molecule has 2 saturated carbocycles. The van der Waals surface area contributed by atoms with Gasteiger partial charge in [0.2, 0.25) is 17.9 Å². The lowest BCUT2D eigenvalue weighted by Crippen LogP contribution is -2.82. The van der Waals surface area contributed by atoms with Crippen LogP contribution in [0.2, 0.25) is 0 Å². The SMILES string of the molecule is CC(=O)O[C@H]1C(=O)[C@@]2(C)[C@H]([C@H](OC(=O)c3ccccc3)[C@]3(O)C[C@H](OC(=O)[C@H](OC(=O)CCCC(=O)NC(CCC(N)=O)C(=O)O)[C@@H](NC(=O)c4ccccc4)c4ccccc4)C(C)=C1C3(C)C)[C@]1(OC(C)=O)CO[C@@H]1C[C@@H]2O. The Labute approximate surface area is 454 Å². The van der Waals surface area contributed by atoms with E-state index in [1.807, 2.05) is 0 Å². The second kappa shape index (κ2) is 23.6. The Balaban J connectivity index is 1.34. The van der Waals surface area contributed by atoms with Crippen molar-refractivity contribution in [1.82, 2.24) is 10.6 Å². The van der Waals surface area contributed by atoms with Crippen molar-refractivity contribution in [3.63, 3.8) is 0 Å². The van der Waals surface area contributed by atoms with Gasteiger partial charge in [-0.2, -0.15) is 0 Å². The zero-order valence-corrected chi connectivity index (χ0v) is 44.5. The molecule has 0 spiro atoms. The van der Waals surface area contributed by atoms with E-state index in [-0.39, 0.29) is 53.5 Å². The van der Waals surface area contributed by atoms with E-state index in [0.717, 1.165) is 13.8 Å². The first kappa shape index (κ1) is 58.9. The molecule has 3 fully saturated rings. The fraction of sp³-hybridized carbons (Fsp3) is 0.474. The molecule has 3 aliphatic carbocycles. The number of primary amides is 1. The van der Waals surface area contributed by atoms with Gasteiger partial charge in [0.15, 0.2) is 17.5 Å². The molecule has 22 heteroatoms. The number of aliphatic hydroxyl groups excluding tert-OH is 1. The van der Waals surface area contributed by atoms with Crippen molar-refractivity contribution in [3.05, 3.63) is 119 Å². The number of hydrogen-bond acceptors (Lipinski definition) is 18. The van der Waals surface area contributed by atoms with Gasteiger partial charge in [0.25, 0.3) is 5.91 Å². The number of hydrogen-bond donors (Lipinski definition) is 6. The molecule has 0 aromatic heterocycles. The number of rotatable bonds is 20. The first-order chi connectivity index (χ1) is 37.3. The number of benzene rings is 3. The predicted octanol–water partition coefficient (Wildman–Crippen LogP) is 3.29. The summed E-state index contributed by atoms with van der Waals surface area (Å²) in [5.41, 5.74) is -2.89. The van der Waals surface area contributed by atoms with Crippen LogP contribution >= 0.6 is 0 Å². The molecule has 79 heavy (non-hydrogen) atoms. The van der Waals surface area contributed by atoms with Crippen LogP contribution in [0.15, 0.2) is 102 Å². The van der Waals surface area contributed by atoms with Crippen molar-refractivity contribution >= 4 is 59.3 Å². The lowest BCUT2D eigenvalue weighted by molar-refractivity contribution is -0.346. The molecule has 3 aromatic rings. The standard InChI is InChI=1S/C57H65N3O19/c1-30-37(76-53(72)46(44(33-17-10-7-11-18-33)60-50(68)34-19-12-8-13-20-34)77-42(66)24-16-23-41(65)59-36(51(69)70)25-26-40(58)64)28-57(73)49(78-52(71)35-21-14-9-15-22-35)47-55(6,38(63)27-39-56(47,29-74-39)79-32(3)62)48(67)45(75-31(2)61)43(30)54(57,4)5/h7-15,17-22,36-39,44-47,49,63,73H,16,23-29H2,1-6H3,(H2,58,64)(H,59,65)(H,60,68)(H,69,70)/t36?,37-,38-,39+,44-,45+,46+,47-,49-,55+,56-,57+/m0/s1. The summed E-state index contributed by atoms with van der Waals surface area (Å²) in [4.78, 5) is 136. The topological polar surface area (TPSA) is 337 Å². The van der Waals surface area contributed by atoms with Crippen LogP contribution in [0.3, 0.4) is 0 Å². The lowest BCUT2D eigenvalue weighted by atomic mass is 9.44. The highest BCUT2D eigenvalue weighted by molar-refractivity contribution is 5.96. The minimum absolute atomic E-state index is 0.00118. The number of nitrogens with one attached hydrogen (secondary N) is 2. The summed E-state index contributed by atoms with van der Waals surface area (Å²) >= 11 is 0. The number of aliphatic hydroxyl groups is 2. The van der Waals surface area contributed by atoms with Gasteiger partial charge in [-0.15, -0.1) is 0 Å². The summed E-state index contributed by atoms with van der Waals surface area (Å²) in [5.74, 6) is -11.6. The Kier molecular flexibility index (Phi) is 17.6. The molecule has 7 rings (SSSR count). The average Bonchev–Trinajstić information content (AvgIpc) is 2.02. The summed E-state index contributed by atoms with van der Waals surface area (Å²) in [7, 11) is 0. The van der Waals surface area contributed by atoms with Crippen LogP contribution in [-0.2, 0) is 66.8 Å². The molecule has 22 nitrogen and oxygen atoms in total. The van der Waals surface area contributed by atoms with E-state index >= 15 is 9.59 Å². The van der Waals surface area contributed by atoms with Gasteiger partial charge in [0.1, 0.15) is 36.0 Å². The molecule has 0 radical (unpaired) electrons. The van der Waals surface area contributed by atoms with E-state index in [1.165, 1.54) is 64.1 Å². The maximum atomic E-state index is 15.8. The number of ether oxygens (including phenoxy) is 6. The van der Waals surface area contributed by atoms with E-state index in [4.69, 9.17) is 34.2 Å². The fourth-order valence-electron chi connectivity index (χ4n) is 11.7. The maximum absolute atomic E-state index is 15.8. The van der Waals surface area contributed by atoms with Crippen LogP contribution in [-0.4, -0.2) is 135 Å². The summed E-state index contributed by atoms with van der Waals surface area (Å²) in [6.07, 6.45) is -13.2. The number of carbonyl (C=O) groups excluding carboxylic acids is 9. The number of carboxylic acid groups (broad SMARTS) is 1. The number of esters is 5. The number of ketones is 1. The Bertz CT molecular complexity index is 2900. The van der Waals surface area contributed by atoms with Gasteiger partial charge >= 0.3 is 35.8 Å². The van der Waals surface area contributed by atoms with E-state index in [2.05, 4.69) is 10.6 Å². The first-order valence-corrected chi connectivity index (χ1v) is 25.8. The smallest absolute Gasteiger partial charge is 0.350 e. The third kappa shape index (κ3) is 11.8. The van der Waals surface area contributed by atoms with Gasteiger partial charge in [-0.1, -0.05) is 80.6 Å². The highest BCUT2D eigenvalue weighted by Crippen LogP contribution is 2.64. The lowest BCUT2D eigenvalue weighted by Gasteiger charge is -2.67. The first-order valence-electron chi connectivity index (χ1n) is 25.8. The third-order valence-electron chi connectivity index (χ3n) is 15.8. The van der Waals surface area contributed by atoms with Crippen LogP contribution in [0.25, 0.3) is 0 Å². The molecular weight excluding hydrogens is 1030 g/mol. The molecule has 3 aromatic carbocycles. The normalized spacial score (nSPS) is 27.7. The second-order valence-corrected chi connectivity index (χ2v) is 21.1. The highest BCUT2D eigenvalue weighted by Gasteiger charge is 2.78. The molecular formula is C57H65N3O19. The summed E-state index contributed by atoms with van der Waals surface area (Å²) < 4.78 is 36.7. The third-order valence-corrected chi connectivity index (χ3v) is 15.8. The molecule has 4 aliphatic rings. The van der Waals surface area contributed by atoms with Crippen molar-refractivity contribution in [2.24, 2.45) is 22.5 Å². The Morgan fingerprint density at radius 1 is 0.797 bits per heavy atom. The predicted molar refractivity (Wildman–Crippen MR) is 273 cm³/mol. The van der Waals surface area contributed by atoms with Crippen LogP contribution in [0, 0.1) is 16.7 Å². The van der Waals surface area contributed by atoms with Gasteiger partial charge in [0.05, 0.1) is 29.6 Å². The van der Waals surface area contributed by atoms with Crippen molar-refractivity contribution < 1.29 is 91.7 Å². The largest absolute Gasteiger partial charge is 0.480 e. The minimum Gasteiger partial charge on any atom is -0.480 e. The molecule has 7 N–H and O–H groups in total. The van der Waals surface area contributed by atoms with Crippen LogP contribution < -0.4 is 16.4 Å². The van der Waals surface area contributed by atoms with Crippen LogP contribution in [0.5, 0.6) is 0 Å². The van der Waals surface area contributed by atoms with Crippen molar-refractivity contribution in [3.8, 4) is 0 Å². The quantitative estimate of drug-likeness (QED) is 0.0537. The number of amides is 3. The van der Waals surface area contributed by atoms with Crippen LogP contribution in [0.4, 0.5) is 0 Å². The Morgan fingerprint density at radius 2 is 1.41 bits per heavy atom. The molecule has 422 valence electrons. The summed E-state index contributed by atoms with van der Waals surface area (Å²) in [5, 5.41) is 40.9. The van der Waals surface area contributed by atoms with Crippen LogP contribution in [0.1, 0.15) is 119 Å². The molecule has 1 saturated heterocycles. The highest BCUT2D eigenvalue weighted by atomic mass is 16.6. The maximum Gasteiger partial charge on any atom is 0.350 e. The number of Topliss-reactive ketones (excluding diaryl/α,β-unsaturated/α-hetero) is 1. The van der Waals surface area contributed by atoms with E-state index < -0.39 is 162 Å². The second-order valence-electron chi connectivity index (χ2n) is 21.1. The molecule has 12 atom stereocenters. The van der Waals surface area contributed by atoms with Crippen molar-refractivity contribution in [1.29, 1.82) is 0 Å². The van der Waals surface area contributed by atoms with Gasteiger partial charge in [0, 0.05) is 56.9 Å². The Morgan fingerprint density at radius 3 is 1.96 bits per heavy atom. The molecule has 1 heterocycles. The monoisotopic (exact) mass is 1100 g/mol. The zero-order valence-electron chi connectivity index (χ0n) is 44.5. The van der Waals surface area contributed by atoms with Gasteiger partial charge < -0.3 is 60.1 Å². The molecule has 1 unspecified atom stereocenters. The van der Waals surface area contributed by atoms with E-state index in [1.54, 1.807) is 54.6 Å². The minimum atomic E-state index is -2.54. The zero-order chi connectivity index (χ0) is 57.8. The van der Waals surface area contributed by atoms with Gasteiger partial charge in [-0.3, -0.25) is 33.6 Å². The fourth-order valence-corrected chi connectivity index (χ4v) is 11.7. The number of nitrogens with two attached hydrogens (primary N) is 1. The summed E-state index contributed by atoms with van der Waals surface area (Å²) in [6, 6.07) is 20.4. The number of carboxylic acids is 1.